The normalized spacial score (nSPS) is 14.0. The van der Waals surface area contributed by atoms with Gasteiger partial charge in [0.15, 0.2) is 15.3 Å². The standard InChI is InChI=1S/C15H19ClN4O2S2/c1-3-9-5-6-11(12(17)10(9)4-2)19-24(21,22)14-13(16)18-15-20(14)7-8-23-15/h5-6,19H,3-4,7-8,17H2,1-2H3. The van der Waals surface area contributed by atoms with E-state index < -0.39 is 10.0 Å². The number of nitrogen functional groups attached to an aromatic ring is 1. The lowest BCUT2D eigenvalue weighted by atomic mass is 10.00. The number of benzene rings is 1. The van der Waals surface area contributed by atoms with Crippen LogP contribution in [0.1, 0.15) is 25.0 Å². The number of hydrogen-bond acceptors (Lipinski definition) is 5. The molecule has 2 heterocycles. The zero-order chi connectivity index (χ0) is 17.5. The highest BCUT2D eigenvalue weighted by Gasteiger charge is 2.30. The highest BCUT2D eigenvalue weighted by atomic mass is 35.5. The minimum Gasteiger partial charge on any atom is -0.397 e. The molecule has 0 unspecified atom stereocenters. The topological polar surface area (TPSA) is 90.0 Å². The van der Waals surface area contributed by atoms with Gasteiger partial charge in [0, 0.05) is 12.3 Å². The first kappa shape index (κ1) is 17.4. The summed E-state index contributed by atoms with van der Waals surface area (Å²) in [5.41, 5.74) is 9.13. The van der Waals surface area contributed by atoms with Crippen molar-refractivity contribution in [3.8, 4) is 0 Å². The van der Waals surface area contributed by atoms with Gasteiger partial charge in [0.2, 0.25) is 0 Å². The van der Waals surface area contributed by atoms with Crippen molar-refractivity contribution in [2.24, 2.45) is 0 Å². The highest BCUT2D eigenvalue weighted by Crippen LogP contribution is 2.35. The van der Waals surface area contributed by atoms with Gasteiger partial charge in [-0.2, -0.15) is 8.42 Å². The van der Waals surface area contributed by atoms with Gasteiger partial charge in [0.1, 0.15) is 0 Å². The number of rotatable bonds is 5. The third kappa shape index (κ3) is 2.87. The van der Waals surface area contributed by atoms with Crippen LogP contribution in [0.3, 0.4) is 0 Å². The highest BCUT2D eigenvalue weighted by molar-refractivity contribution is 7.99. The fourth-order valence-electron chi connectivity index (χ4n) is 2.92. The average molecular weight is 387 g/mol. The Hall–Kier alpha value is -1.38. The first-order chi connectivity index (χ1) is 11.4. The maximum absolute atomic E-state index is 12.8. The Morgan fingerprint density at radius 2 is 2.12 bits per heavy atom. The minimum atomic E-state index is -3.87. The summed E-state index contributed by atoms with van der Waals surface area (Å²) in [7, 11) is -3.87. The van der Waals surface area contributed by atoms with E-state index in [4.69, 9.17) is 17.3 Å². The molecule has 3 N–H and O–H groups in total. The number of imidazole rings is 1. The van der Waals surface area contributed by atoms with Gasteiger partial charge in [-0.1, -0.05) is 43.3 Å². The molecule has 2 aromatic rings. The molecule has 1 aliphatic rings. The Morgan fingerprint density at radius 3 is 2.79 bits per heavy atom. The Balaban J connectivity index is 2.02. The van der Waals surface area contributed by atoms with Crippen molar-refractivity contribution in [1.82, 2.24) is 9.55 Å². The molecule has 130 valence electrons. The molecule has 9 heteroatoms. The lowest BCUT2D eigenvalue weighted by molar-refractivity contribution is 0.577. The SMILES string of the molecule is CCc1ccc(NS(=O)(=O)c2c(Cl)nc3n2CCS3)c(N)c1CC. The van der Waals surface area contributed by atoms with Gasteiger partial charge >= 0.3 is 0 Å². The first-order valence-electron chi connectivity index (χ1n) is 7.70. The van der Waals surface area contributed by atoms with Crippen molar-refractivity contribution >= 4 is 44.8 Å². The largest absolute Gasteiger partial charge is 0.397 e. The van der Waals surface area contributed by atoms with E-state index in [0.717, 1.165) is 29.7 Å². The molecule has 0 radical (unpaired) electrons. The number of nitrogens with two attached hydrogens (primary N) is 1. The quantitative estimate of drug-likeness (QED) is 0.770. The lowest BCUT2D eigenvalue weighted by Crippen LogP contribution is -2.19. The van der Waals surface area contributed by atoms with Crippen molar-refractivity contribution in [1.29, 1.82) is 0 Å². The van der Waals surface area contributed by atoms with E-state index >= 15 is 0 Å². The smallest absolute Gasteiger partial charge is 0.280 e. The monoisotopic (exact) mass is 386 g/mol. The van der Waals surface area contributed by atoms with E-state index in [-0.39, 0.29) is 10.2 Å². The number of nitrogens with one attached hydrogen (secondary N) is 1. The van der Waals surface area contributed by atoms with Gasteiger partial charge in [-0.25, -0.2) is 4.98 Å². The summed E-state index contributed by atoms with van der Waals surface area (Å²) in [5, 5.41) is 0.620. The predicted molar refractivity (Wildman–Crippen MR) is 98.4 cm³/mol. The minimum absolute atomic E-state index is 0.00110. The van der Waals surface area contributed by atoms with Crippen LogP contribution >= 0.6 is 23.4 Å². The number of aryl methyl sites for hydroxylation is 1. The second kappa shape index (κ2) is 6.50. The number of anilines is 2. The van der Waals surface area contributed by atoms with E-state index in [2.05, 4.69) is 9.71 Å². The zero-order valence-electron chi connectivity index (χ0n) is 13.5. The lowest BCUT2D eigenvalue weighted by Gasteiger charge is -2.16. The zero-order valence-corrected chi connectivity index (χ0v) is 15.9. The molecule has 6 nitrogen and oxygen atoms in total. The van der Waals surface area contributed by atoms with Gasteiger partial charge in [-0.05, 0) is 30.0 Å². The number of fused-ring (bicyclic) bond motifs is 1. The number of nitrogens with zero attached hydrogens (tertiary/aromatic N) is 2. The second-order valence-corrected chi connectivity index (χ2v) is 8.49. The van der Waals surface area contributed by atoms with Crippen LogP contribution in [0.2, 0.25) is 5.15 Å². The summed E-state index contributed by atoms with van der Waals surface area (Å²) in [5.74, 6) is 0.787. The van der Waals surface area contributed by atoms with Gasteiger partial charge in [0.25, 0.3) is 10.0 Å². The summed E-state index contributed by atoms with van der Waals surface area (Å²) in [6, 6.07) is 3.61. The predicted octanol–water partition coefficient (Wildman–Crippen LogP) is 3.15. The molecule has 1 aromatic carbocycles. The van der Waals surface area contributed by atoms with Gasteiger partial charge in [-0.15, -0.1) is 0 Å². The maximum atomic E-state index is 12.8. The molecule has 0 saturated heterocycles. The second-order valence-electron chi connectivity index (χ2n) is 5.47. The Morgan fingerprint density at radius 1 is 1.38 bits per heavy atom. The summed E-state index contributed by atoms with van der Waals surface area (Å²) < 4.78 is 29.9. The molecule has 3 rings (SSSR count). The molecule has 0 fully saturated rings. The molecule has 1 aromatic heterocycles. The number of thioether (sulfide) groups is 1. The van der Waals surface area contributed by atoms with Gasteiger partial charge in [0.05, 0.1) is 11.4 Å². The molecule has 0 spiro atoms. The molecule has 1 aliphatic heterocycles. The van der Waals surface area contributed by atoms with Crippen molar-refractivity contribution < 1.29 is 8.42 Å². The fraction of sp³-hybridized carbons (Fsp3) is 0.400. The molecule has 0 atom stereocenters. The van der Waals surface area contributed by atoms with Crippen molar-refractivity contribution in [2.45, 2.75) is 43.4 Å². The number of aromatic nitrogens is 2. The van der Waals surface area contributed by atoms with Crippen LogP contribution in [-0.2, 0) is 29.4 Å². The Bertz CT molecular complexity index is 893. The third-order valence-electron chi connectivity index (χ3n) is 4.08. The van der Waals surface area contributed by atoms with Crippen LogP contribution in [0.15, 0.2) is 22.3 Å². The van der Waals surface area contributed by atoms with Crippen LogP contribution in [0.5, 0.6) is 0 Å². The van der Waals surface area contributed by atoms with Crippen LogP contribution < -0.4 is 10.5 Å². The summed E-state index contributed by atoms with van der Waals surface area (Å²) >= 11 is 7.55. The molecule has 0 saturated carbocycles. The van der Waals surface area contributed by atoms with Gasteiger partial charge < -0.3 is 10.3 Å². The third-order valence-corrected chi connectivity index (χ3v) is 6.82. The van der Waals surface area contributed by atoms with Gasteiger partial charge in [-0.3, -0.25) is 4.72 Å². The Kier molecular flexibility index (Phi) is 4.72. The molecular formula is C15H19ClN4O2S2. The summed E-state index contributed by atoms with van der Waals surface area (Å²) in [6.45, 7) is 4.62. The maximum Gasteiger partial charge on any atom is 0.280 e. The first-order valence-corrected chi connectivity index (χ1v) is 10.6. The van der Waals surface area contributed by atoms with Crippen molar-refractivity contribution in [3.63, 3.8) is 0 Å². The number of halogens is 1. The summed E-state index contributed by atoms with van der Waals surface area (Å²) in [6.07, 6.45) is 1.59. The molecule has 0 amide bonds. The average Bonchev–Trinajstić information content (AvgIpc) is 3.08. The van der Waals surface area contributed by atoms with Crippen molar-refractivity contribution in [3.05, 3.63) is 28.4 Å². The fourth-order valence-corrected chi connectivity index (χ4v) is 5.77. The Labute approximate surface area is 150 Å². The molecular weight excluding hydrogens is 368 g/mol. The molecule has 0 bridgehead atoms. The van der Waals surface area contributed by atoms with Crippen molar-refractivity contribution in [2.75, 3.05) is 16.2 Å². The summed E-state index contributed by atoms with van der Waals surface area (Å²) in [4.78, 5) is 4.12. The molecule has 0 aliphatic carbocycles. The van der Waals surface area contributed by atoms with E-state index in [0.29, 0.717) is 23.1 Å². The van der Waals surface area contributed by atoms with Crippen LogP contribution in [0, 0.1) is 0 Å². The van der Waals surface area contributed by atoms with Crippen LogP contribution in [0.25, 0.3) is 0 Å². The van der Waals surface area contributed by atoms with E-state index in [9.17, 15) is 8.42 Å². The number of sulfonamides is 1. The van der Waals surface area contributed by atoms with E-state index in [1.54, 1.807) is 10.6 Å². The van der Waals surface area contributed by atoms with E-state index in [1.165, 1.54) is 11.8 Å². The van der Waals surface area contributed by atoms with E-state index in [1.807, 2.05) is 19.9 Å². The number of hydrogen-bond donors (Lipinski definition) is 2. The molecule has 24 heavy (non-hydrogen) atoms. The van der Waals surface area contributed by atoms with Crippen LogP contribution in [-0.4, -0.2) is 23.7 Å². The van der Waals surface area contributed by atoms with Crippen LogP contribution in [0.4, 0.5) is 11.4 Å².